The lowest BCUT2D eigenvalue weighted by Gasteiger charge is -2.22. The van der Waals surface area contributed by atoms with E-state index >= 15 is 0 Å². The van der Waals surface area contributed by atoms with Crippen LogP contribution in [0.1, 0.15) is 24.8 Å². The number of carbonyl (C=O) groups excluding carboxylic acids is 1. The monoisotopic (exact) mass is 288 g/mol. The van der Waals surface area contributed by atoms with Gasteiger partial charge in [-0.3, -0.25) is 4.79 Å². The first-order valence-electron chi connectivity index (χ1n) is 8.01. The molecule has 0 bridgehead atoms. The third kappa shape index (κ3) is 3.97. The van der Waals surface area contributed by atoms with E-state index in [0.29, 0.717) is 17.6 Å². The summed E-state index contributed by atoms with van der Waals surface area (Å²) < 4.78 is 0. The highest BCUT2D eigenvalue weighted by molar-refractivity contribution is 5.81. The predicted molar refractivity (Wildman–Crippen MR) is 82.2 cm³/mol. The van der Waals surface area contributed by atoms with Gasteiger partial charge in [0.15, 0.2) is 0 Å². The maximum absolute atomic E-state index is 12.1. The Morgan fingerprint density at radius 3 is 2.57 bits per heavy atom. The van der Waals surface area contributed by atoms with Crippen LogP contribution in [-0.2, 0) is 11.2 Å². The Balaban J connectivity index is 1.46. The van der Waals surface area contributed by atoms with Crippen molar-refractivity contribution >= 4 is 5.91 Å². The van der Waals surface area contributed by atoms with Crippen molar-refractivity contribution in [2.24, 2.45) is 5.92 Å². The van der Waals surface area contributed by atoms with Crippen molar-refractivity contribution in [2.75, 3.05) is 32.7 Å². The molecule has 21 heavy (non-hydrogen) atoms. The first-order chi connectivity index (χ1) is 10.2. The van der Waals surface area contributed by atoms with Gasteiger partial charge >= 0.3 is 0 Å². The minimum absolute atomic E-state index is 0.322. The second-order valence-electron chi connectivity index (χ2n) is 6.21. The molecule has 4 heteroatoms. The van der Waals surface area contributed by atoms with E-state index in [9.17, 15) is 9.90 Å². The molecule has 2 aliphatic rings. The van der Waals surface area contributed by atoms with Gasteiger partial charge in [0.25, 0.3) is 0 Å². The lowest BCUT2D eigenvalue weighted by molar-refractivity contribution is -0.132. The van der Waals surface area contributed by atoms with Crippen LogP contribution in [0.2, 0.25) is 0 Å². The summed E-state index contributed by atoms with van der Waals surface area (Å²) in [6.07, 6.45) is 4.27. The largest absolute Gasteiger partial charge is 0.508 e. The fourth-order valence-electron chi connectivity index (χ4n) is 2.95. The van der Waals surface area contributed by atoms with Crippen LogP contribution in [0.3, 0.4) is 0 Å². The second-order valence-corrected chi connectivity index (χ2v) is 6.21. The number of nitrogens with zero attached hydrogens (tertiary/aromatic N) is 2. The van der Waals surface area contributed by atoms with Crippen LogP contribution in [0.25, 0.3) is 0 Å². The molecule has 0 aromatic heterocycles. The molecule has 2 fully saturated rings. The summed E-state index contributed by atoms with van der Waals surface area (Å²) in [5.74, 6) is 1.05. The number of phenols is 1. The van der Waals surface area contributed by atoms with Crippen molar-refractivity contribution < 1.29 is 9.90 Å². The quantitative estimate of drug-likeness (QED) is 0.920. The smallest absolute Gasteiger partial charge is 0.225 e. The SMILES string of the molecule is O=C(C1CC1)N1CCCN(CCc2ccc(O)cc2)CC1. The highest BCUT2D eigenvalue weighted by atomic mass is 16.3. The Morgan fingerprint density at radius 2 is 1.86 bits per heavy atom. The summed E-state index contributed by atoms with van der Waals surface area (Å²) >= 11 is 0. The van der Waals surface area contributed by atoms with Crippen molar-refractivity contribution in [3.05, 3.63) is 29.8 Å². The maximum atomic E-state index is 12.1. The van der Waals surface area contributed by atoms with E-state index in [1.807, 2.05) is 12.1 Å². The van der Waals surface area contributed by atoms with Gasteiger partial charge in [0.2, 0.25) is 5.91 Å². The highest BCUT2D eigenvalue weighted by Crippen LogP contribution is 2.31. The van der Waals surface area contributed by atoms with Gasteiger partial charge in [0.1, 0.15) is 5.75 Å². The van der Waals surface area contributed by atoms with Crippen molar-refractivity contribution in [1.29, 1.82) is 0 Å². The Kier molecular flexibility index (Phi) is 4.44. The van der Waals surface area contributed by atoms with E-state index in [0.717, 1.165) is 58.4 Å². The Hall–Kier alpha value is -1.55. The summed E-state index contributed by atoms with van der Waals surface area (Å²) in [4.78, 5) is 16.6. The van der Waals surface area contributed by atoms with Crippen molar-refractivity contribution in [3.63, 3.8) is 0 Å². The van der Waals surface area contributed by atoms with Gasteiger partial charge in [-0.2, -0.15) is 0 Å². The fraction of sp³-hybridized carbons (Fsp3) is 0.588. The number of phenolic OH excluding ortho intramolecular Hbond substituents is 1. The van der Waals surface area contributed by atoms with Gasteiger partial charge in [0.05, 0.1) is 0 Å². The zero-order chi connectivity index (χ0) is 14.7. The molecule has 114 valence electrons. The lowest BCUT2D eigenvalue weighted by Crippen LogP contribution is -2.36. The van der Waals surface area contributed by atoms with Gasteiger partial charge in [-0.25, -0.2) is 0 Å². The number of hydrogen-bond acceptors (Lipinski definition) is 3. The van der Waals surface area contributed by atoms with Crippen LogP contribution < -0.4 is 0 Å². The molecule has 1 aromatic rings. The van der Waals surface area contributed by atoms with Crippen molar-refractivity contribution in [2.45, 2.75) is 25.7 Å². The maximum Gasteiger partial charge on any atom is 0.225 e. The molecule has 1 heterocycles. The minimum Gasteiger partial charge on any atom is -0.508 e. The summed E-state index contributed by atoms with van der Waals surface area (Å²) in [5.41, 5.74) is 1.25. The lowest BCUT2D eigenvalue weighted by atomic mass is 10.1. The number of carbonyl (C=O) groups is 1. The van der Waals surface area contributed by atoms with Gasteiger partial charge in [-0.1, -0.05) is 12.1 Å². The molecule has 4 nitrogen and oxygen atoms in total. The zero-order valence-electron chi connectivity index (χ0n) is 12.5. The second kappa shape index (κ2) is 6.48. The standard InChI is InChI=1S/C17H24N2O2/c20-16-6-2-14(3-7-16)8-11-18-9-1-10-19(13-12-18)17(21)15-4-5-15/h2-3,6-7,15,20H,1,4-5,8-13H2. The van der Waals surface area contributed by atoms with Gasteiger partial charge in [0, 0.05) is 32.1 Å². The predicted octanol–water partition coefficient (Wildman–Crippen LogP) is 1.88. The molecule has 1 aliphatic carbocycles. The average molecular weight is 288 g/mol. The number of amides is 1. The minimum atomic E-state index is 0.322. The van der Waals surface area contributed by atoms with Gasteiger partial charge < -0.3 is 14.9 Å². The normalized spacial score (nSPS) is 20.3. The Morgan fingerprint density at radius 1 is 1.10 bits per heavy atom. The van der Waals surface area contributed by atoms with E-state index in [2.05, 4.69) is 9.80 Å². The number of rotatable bonds is 4. The van der Waals surface area contributed by atoms with E-state index in [1.54, 1.807) is 12.1 Å². The molecule has 1 saturated carbocycles. The van der Waals surface area contributed by atoms with Gasteiger partial charge in [-0.05, 0) is 49.9 Å². The molecule has 1 amide bonds. The number of benzene rings is 1. The van der Waals surface area contributed by atoms with Crippen molar-refractivity contribution in [1.82, 2.24) is 9.80 Å². The first kappa shape index (κ1) is 14.4. The molecule has 1 aromatic carbocycles. The molecular formula is C17H24N2O2. The van der Waals surface area contributed by atoms with E-state index in [4.69, 9.17) is 0 Å². The van der Waals surface area contributed by atoms with Gasteiger partial charge in [-0.15, -0.1) is 0 Å². The van der Waals surface area contributed by atoms with Crippen LogP contribution in [0.4, 0.5) is 0 Å². The van der Waals surface area contributed by atoms with E-state index in [1.165, 1.54) is 5.56 Å². The third-order valence-corrected chi connectivity index (χ3v) is 4.48. The van der Waals surface area contributed by atoms with Crippen LogP contribution in [0.5, 0.6) is 5.75 Å². The Labute approximate surface area is 126 Å². The summed E-state index contributed by atoms with van der Waals surface area (Å²) in [7, 11) is 0. The highest BCUT2D eigenvalue weighted by Gasteiger charge is 2.33. The van der Waals surface area contributed by atoms with Crippen LogP contribution >= 0.6 is 0 Å². The third-order valence-electron chi connectivity index (χ3n) is 4.48. The van der Waals surface area contributed by atoms with Crippen LogP contribution in [-0.4, -0.2) is 53.5 Å². The topological polar surface area (TPSA) is 43.8 Å². The molecule has 1 N–H and O–H groups in total. The van der Waals surface area contributed by atoms with E-state index < -0.39 is 0 Å². The molecule has 0 atom stereocenters. The van der Waals surface area contributed by atoms with Crippen molar-refractivity contribution in [3.8, 4) is 5.75 Å². The molecule has 1 aliphatic heterocycles. The number of aromatic hydroxyl groups is 1. The first-order valence-corrected chi connectivity index (χ1v) is 8.01. The summed E-state index contributed by atoms with van der Waals surface area (Å²) in [5, 5.41) is 9.29. The number of hydrogen-bond donors (Lipinski definition) is 1. The molecule has 1 saturated heterocycles. The van der Waals surface area contributed by atoms with E-state index in [-0.39, 0.29) is 0 Å². The molecular weight excluding hydrogens is 264 g/mol. The zero-order valence-corrected chi connectivity index (χ0v) is 12.5. The fourth-order valence-corrected chi connectivity index (χ4v) is 2.95. The van der Waals surface area contributed by atoms with Crippen LogP contribution in [0, 0.1) is 5.92 Å². The average Bonchev–Trinajstić information content (AvgIpc) is 3.33. The van der Waals surface area contributed by atoms with Crippen LogP contribution in [0.15, 0.2) is 24.3 Å². The summed E-state index contributed by atoms with van der Waals surface area (Å²) in [6, 6.07) is 7.45. The molecule has 3 rings (SSSR count). The summed E-state index contributed by atoms with van der Waals surface area (Å²) in [6.45, 7) is 4.88. The Bertz CT molecular complexity index is 482. The molecule has 0 spiro atoms. The molecule has 0 unspecified atom stereocenters. The molecule has 0 radical (unpaired) electrons.